The molecule has 1 aromatic carbocycles. The lowest BCUT2D eigenvalue weighted by molar-refractivity contribution is -0.117. The zero-order valence-electron chi connectivity index (χ0n) is 15.1. The smallest absolute Gasteiger partial charge is 0.296 e. The molecule has 1 aliphatic rings. The number of aliphatic hydroxyl groups is 1. The summed E-state index contributed by atoms with van der Waals surface area (Å²) < 4.78 is 10.6. The normalized spacial score (nSPS) is 16.5. The quantitative estimate of drug-likeness (QED) is 0.591. The van der Waals surface area contributed by atoms with Crippen LogP contribution in [0.3, 0.4) is 0 Å². The second-order valence-corrected chi connectivity index (χ2v) is 6.81. The molecule has 2 N–H and O–H groups in total. The van der Waals surface area contributed by atoms with Crippen LogP contribution < -0.4 is 9.64 Å². The summed E-state index contributed by atoms with van der Waals surface area (Å²) in [6.45, 7) is 2.07. The number of benzene rings is 1. The highest BCUT2D eigenvalue weighted by Gasteiger charge is 2.47. The minimum Gasteiger partial charge on any atom is -0.504 e. The molecule has 0 spiro atoms. The van der Waals surface area contributed by atoms with Crippen LogP contribution in [0.4, 0.5) is 5.13 Å². The van der Waals surface area contributed by atoms with Gasteiger partial charge in [0.15, 0.2) is 23.0 Å². The lowest BCUT2D eigenvalue weighted by Crippen LogP contribution is -2.31. The molecule has 4 rings (SSSR count). The average Bonchev–Trinajstić information content (AvgIpc) is 3.46. The van der Waals surface area contributed by atoms with Crippen LogP contribution >= 0.6 is 11.3 Å². The average molecular weight is 413 g/mol. The van der Waals surface area contributed by atoms with Gasteiger partial charge in [0.1, 0.15) is 11.6 Å². The van der Waals surface area contributed by atoms with Crippen molar-refractivity contribution >= 4 is 28.2 Å². The van der Waals surface area contributed by atoms with Crippen molar-refractivity contribution in [2.75, 3.05) is 11.5 Å². The number of aromatic hydroxyl groups is 1. The van der Waals surface area contributed by atoms with E-state index in [1.165, 1.54) is 30.0 Å². The number of anilines is 1. The number of para-hydroxylation sites is 1. The van der Waals surface area contributed by atoms with Gasteiger partial charge >= 0.3 is 0 Å². The third-order valence-corrected chi connectivity index (χ3v) is 5.07. The molecule has 1 amide bonds. The number of rotatable bonds is 6. The molecule has 0 radical (unpaired) electrons. The van der Waals surface area contributed by atoms with Crippen LogP contribution in [0.1, 0.15) is 29.1 Å². The van der Waals surface area contributed by atoms with Gasteiger partial charge in [-0.3, -0.25) is 14.5 Å². The van der Waals surface area contributed by atoms with Gasteiger partial charge in [0.05, 0.1) is 18.4 Å². The first-order valence-corrected chi connectivity index (χ1v) is 9.48. The molecule has 148 valence electrons. The molecule has 2 aromatic heterocycles. The Morgan fingerprint density at radius 2 is 2.14 bits per heavy atom. The van der Waals surface area contributed by atoms with E-state index in [0.717, 1.165) is 16.2 Å². The molecule has 3 aromatic rings. The van der Waals surface area contributed by atoms with Crippen LogP contribution in [-0.4, -0.2) is 38.7 Å². The maximum atomic E-state index is 13.0. The molecular weight excluding hydrogens is 398 g/mol. The van der Waals surface area contributed by atoms with E-state index in [2.05, 4.69) is 10.2 Å². The number of ether oxygens (including phenoxy) is 1. The Morgan fingerprint density at radius 1 is 1.31 bits per heavy atom. The highest BCUT2D eigenvalue weighted by molar-refractivity contribution is 7.13. The van der Waals surface area contributed by atoms with Gasteiger partial charge in [0, 0.05) is 5.56 Å². The zero-order chi connectivity index (χ0) is 20.5. The summed E-state index contributed by atoms with van der Waals surface area (Å²) in [4.78, 5) is 27.0. The first-order valence-electron chi connectivity index (χ1n) is 8.60. The Bertz CT molecular complexity index is 1090. The van der Waals surface area contributed by atoms with Crippen molar-refractivity contribution in [3.8, 4) is 11.5 Å². The van der Waals surface area contributed by atoms with Crippen molar-refractivity contribution in [3.05, 3.63) is 64.8 Å². The van der Waals surface area contributed by atoms with Crippen molar-refractivity contribution in [2.24, 2.45) is 0 Å². The number of aliphatic hydroxyl groups excluding tert-OH is 1. The van der Waals surface area contributed by atoms with Crippen LogP contribution in [0.2, 0.25) is 0 Å². The third kappa shape index (κ3) is 3.03. The summed E-state index contributed by atoms with van der Waals surface area (Å²) in [6.07, 6.45) is 1.31. The molecule has 29 heavy (non-hydrogen) atoms. The minimum absolute atomic E-state index is 0.0519. The maximum absolute atomic E-state index is 13.0. The number of ketones is 1. The van der Waals surface area contributed by atoms with E-state index < -0.39 is 23.5 Å². The number of carbonyl (C=O) groups is 2. The molecule has 9 nitrogen and oxygen atoms in total. The van der Waals surface area contributed by atoms with E-state index in [4.69, 9.17) is 9.15 Å². The van der Waals surface area contributed by atoms with Gasteiger partial charge in [-0.05, 0) is 25.1 Å². The molecular formula is C19H15N3O6S. The topological polar surface area (TPSA) is 126 Å². The Labute approximate surface area is 168 Å². The molecule has 0 fully saturated rings. The van der Waals surface area contributed by atoms with Gasteiger partial charge in [-0.2, -0.15) is 0 Å². The minimum atomic E-state index is -1.14. The van der Waals surface area contributed by atoms with Crippen LogP contribution in [-0.2, 0) is 4.79 Å². The summed E-state index contributed by atoms with van der Waals surface area (Å²) in [5.74, 6) is -2.37. The van der Waals surface area contributed by atoms with Crippen LogP contribution in [0.25, 0.3) is 0 Å². The fourth-order valence-electron chi connectivity index (χ4n) is 3.17. The first-order chi connectivity index (χ1) is 14.0. The number of phenolic OH excluding ortho intramolecular Hbond substituents is 1. The molecule has 0 bridgehead atoms. The highest BCUT2D eigenvalue weighted by atomic mass is 32.1. The summed E-state index contributed by atoms with van der Waals surface area (Å²) >= 11 is 1.05. The standard InChI is InChI=1S/C19H15N3O6S/c1-2-27-11-6-3-5-10(15(11)23)14-13(16(24)12-7-4-8-28-12)17(25)18(26)22(14)19-21-20-9-29-19/h3-9,14,23,25H,2H2,1H3. The van der Waals surface area contributed by atoms with Gasteiger partial charge in [-0.15, -0.1) is 10.2 Å². The predicted molar refractivity (Wildman–Crippen MR) is 102 cm³/mol. The second kappa shape index (κ2) is 7.40. The van der Waals surface area contributed by atoms with Gasteiger partial charge in [0.2, 0.25) is 10.9 Å². The summed E-state index contributed by atoms with van der Waals surface area (Å²) in [5, 5.41) is 29.1. The SMILES string of the molecule is CCOc1cccc(C2C(C(=O)c3ccco3)=C(O)C(=O)N2c2nncs2)c1O. The van der Waals surface area contributed by atoms with E-state index in [0.29, 0.717) is 6.61 Å². The second-order valence-electron chi connectivity index (χ2n) is 5.99. The third-order valence-electron chi connectivity index (χ3n) is 4.38. The number of hydrogen-bond acceptors (Lipinski definition) is 9. The van der Waals surface area contributed by atoms with Crippen molar-refractivity contribution in [3.63, 3.8) is 0 Å². The fourth-order valence-corrected chi connectivity index (χ4v) is 3.76. The zero-order valence-corrected chi connectivity index (χ0v) is 15.9. The van der Waals surface area contributed by atoms with E-state index in [-0.39, 0.29) is 33.5 Å². The maximum Gasteiger partial charge on any atom is 0.296 e. The molecule has 1 aliphatic heterocycles. The fraction of sp³-hybridized carbons (Fsp3) is 0.158. The lowest BCUT2D eigenvalue weighted by atomic mass is 9.94. The number of phenols is 1. The van der Waals surface area contributed by atoms with Gasteiger partial charge in [-0.25, -0.2) is 0 Å². The summed E-state index contributed by atoms with van der Waals surface area (Å²) in [7, 11) is 0. The van der Waals surface area contributed by atoms with Crippen molar-refractivity contribution in [1.82, 2.24) is 10.2 Å². The number of nitrogens with zero attached hydrogens (tertiary/aromatic N) is 3. The van der Waals surface area contributed by atoms with Gasteiger partial charge < -0.3 is 19.4 Å². The van der Waals surface area contributed by atoms with Crippen LogP contribution in [0.5, 0.6) is 11.5 Å². The summed E-state index contributed by atoms with van der Waals surface area (Å²) in [6, 6.07) is 6.52. The molecule has 1 atom stereocenters. The van der Waals surface area contributed by atoms with E-state index in [9.17, 15) is 19.8 Å². The summed E-state index contributed by atoms with van der Waals surface area (Å²) in [5.41, 5.74) is 1.38. The van der Waals surface area contributed by atoms with Gasteiger partial charge in [-0.1, -0.05) is 23.5 Å². The number of Topliss-reactive ketones (excluding diaryl/α,β-unsaturated/α-hetero) is 1. The van der Waals surface area contributed by atoms with Crippen LogP contribution in [0, 0.1) is 0 Å². The van der Waals surface area contributed by atoms with E-state index >= 15 is 0 Å². The Kier molecular flexibility index (Phi) is 4.77. The first kappa shape index (κ1) is 18.7. The lowest BCUT2D eigenvalue weighted by Gasteiger charge is -2.25. The molecule has 1 unspecified atom stereocenters. The van der Waals surface area contributed by atoms with Crippen LogP contribution in [0.15, 0.2) is 57.9 Å². The number of furan rings is 1. The molecule has 0 saturated heterocycles. The Hall–Kier alpha value is -3.66. The molecule has 0 saturated carbocycles. The Balaban J connectivity index is 1.91. The highest BCUT2D eigenvalue weighted by Crippen LogP contribution is 2.46. The van der Waals surface area contributed by atoms with Crippen molar-refractivity contribution < 1.29 is 29.0 Å². The number of hydrogen-bond donors (Lipinski definition) is 2. The number of carbonyl (C=O) groups excluding carboxylic acids is 2. The van der Waals surface area contributed by atoms with Gasteiger partial charge in [0.25, 0.3) is 5.91 Å². The Morgan fingerprint density at radius 3 is 2.79 bits per heavy atom. The molecule has 10 heteroatoms. The van der Waals surface area contributed by atoms with Crippen molar-refractivity contribution in [1.29, 1.82) is 0 Å². The van der Waals surface area contributed by atoms with E-state index in [1.54, 1.807) is 19.1 Å². The van der Waals surface area contributed by atoms with E-state index in [1.807, 2.05) is 0 Å². The largest absolute Gasteiger partial charge is 0.504 e. The number of aromatic nitrogens is 2. The monoisotopic (exact) mass is 413 g/mol. The molecule has 3 heterocycles. The molecule has 0 aliphatic carbocycles. The van der Waals surface area contributed by atoms with Crippen molar-refractivity contribution in [2.45, 2.75) is 13.0 Å². The number of amides is 1. The predicted octanol–water partition coefficient (Wildman–Crippen LogP) is 3.02.